The number of hydrogen-bond acceptors (Lipinski definition) is 6. The van der Waals surface area contributed by atoms with Gasteiger partial charge in [-0.05, 0) is 12.1 Å². The molecule has 0 atom stereocenters. The van der Waals surface area contributed by atoms with Crippen LogP contribution in [0.5, 0.6) is 11.6 Å². The highest BCUT2D eigenvalue weighted by Gasteiger charge is 2.21. The number of amides is 1. The van der Waals surface area contributed by atoms with Crippen LogP contribution in [0.4, 0.5) is 5.95 Å². The summed E-state index contributed by atoms with van der Waals surface area (Å²) in [5.41, 5.74) is 0.864. The molecule has 9 nitrogen and oxygen atoms in total. The number of aryl methyl sites for hydroxylation is 1. The van der Waals surface area contributed by atoms with Gasteiger partial charge in [0.25, 0.3) is 0 Å². The third kappa shape index (κ3) is 3.58. The van der Waals surface area contributed by atoms with Crippen LogP contribution in [-0.2, 0) is 11.8 Å². The van der Waals surface area contributed by atoms with Gasteiger partial charge in [0.05, 0.1) is 5.52 Å². The third-order valence-electron chi connectivity index (χ3n) is 5.08. The Bertz CT molecular complexity index is 1090. The van der Waals surface area contributed by atoms with Gasteiger partial charge in [-0.15, -0.1) is 0 Å². The van der Waals surface area contributed by atoms with E-state index in [1.165, 1.54) is 0 Å². The maximum Gasteiger partial charge on any atom is 0.352 e. The summed E-state index contributed by atoms with van der Waals surface area (Å²) in [6.45, 7) is 4.13. The summed E-state index contributed by atoms with van der Waals surface area (Å²) in [7, 11) is 1.69. The SMILES string of the molecule is CC(=O)N1CCN(c2nccc(Oc3cccc4cc(C(=O)O)n(C)c34)n2)CC1. The van der Waals surface area contributed by atoms with Gasteiger partial charge >= 0.3 is 5.97 Å². The van der Waals surface area contributed by atoms with Gasteiger partial charge in [-0.25, -0.2) is 9.78 Å². The fourth-order valence-electron chi connectivity index (χ4n) is 3.54. The zero-order valence-corrected chi connectivity index (χ0v) is 16.2. The number of benzene rings is 1. The molecule has 1 amide bonds. The van der Waals surface area contributed by atoms with Gasteiger partial charge in [0, 0.05) is 57.8 Å². The van der Waals surface area contributed by atoms with E-state index >= 15 is 0 Å². The third-order valence-corrected chi connectivity index (χ3v) is 5.08. The van der Waals surface area contributed by atoms with Crippen LogP contribution < -0.4 is 9.64 Å². The first kappa shape index (κ1) is 18.7. The number of carbonyl (C=O) groups is 2. The monoisotopic (exact) mass is 395 g/mol. The summed E-state index contributed by atoms with van der Waals surface area (Å²) in [5, 5.41) is 10.1. The van der Waals surface area contributed by atoms with Crippen molar-refractivity contribution in [3.05, 3.63) is 42.2 Å². The Balaban J connectivity index is 1.59. The molecule has 1 N–H and O–H groups in total. The molecule has 0 radical (unpaired) electrons. The number of carboxylic acids is 1. The molecule has 0 aliphatic carbocycles. The van der Waals surface area contributed by atoms with Crippen molar-refractivity contribution < 1.29 is 19.4 Å². The van der Waals surface area contributed by atoms with Gasteiger partial charge in [-0.2, -0.15) is 4.98 Å². The summed E-state index contributed by atoms with van der Waals surface area (Å²) in [6, 6.07) is 8.71. The largest absolute Gasteiger partial charge is 0.477 e. The second-order valence-electron chi connectivity index (χ2n) is 6.88. The minimum atomic E-state index is -0.997. The van der Waals surface area contributed by atoms with E-state index in [0.29, 0.717) is 49.3 Å². The number of carboxylic acid groups (broad SMARTS) is 1. The predicted molar refractivity (Wildman–Crippen MR) is 106 cm³/mol. The standard InChI is InChI=1S/C20H21N5O4/c1-13(26)24-8-10-25(11-9-24)20-21-7-6-17(22-20)29-16-5-3-4-14-12-15(19(27)28)23(2)18(14)16/h3-7,12H,8-11H2,1-2H3,(H,27,28). The Morgan fingerprint density at radius 3 is 2.59 bits per heavy atom. The van der Waals surface area contributed by atoms with E-state index in [1.807, 2.05) is 17.0 Å². The number of nitrogens with zero attached hydrogens (tertiary/aromatic N) is 5. The topological polar surface area (TPSA) is 101 Å². The Hall–Kier alpha value is -3.62. The average Bonchev–Trinajstić information content (AvgIpc) is 3.06. The lowest BCUT2D eigenvalue weighted by atomic mass is 10.2. The summed E-state index contributed by atoms with van der Waals surface area (Å²) in [4.78, 5) is 35.6. The van der Waals surface area contributed by atoms with Gasteiger partial charge in [0.2, 0.25) is 17.7 Å². The van der Waals surface area contributed by atoms with Crippen molar-refractivity contribution in [2.24, 2.45) is 7.05 Å². The maximum absolute atomic E-state index is 11.5. The Kier molecular flexibility index (Phi) is 4.79. The summed E-state index contributed by atoms with van der Waals surface area (Å²) in [6.07, 6.45) is 1.63. The molecule has 29 heavy (non-hydrogen) atoms. The van der Waals surface area contributed by atoms with Crippen LogP contribution in [0.1, 0.15) is 17.4 Å². The first-order valence-corrected chi connectivity index (χ1v) is 9.27. The number of aromatic carboxylic acids is 1. The fourth-order valence-corrected chi connectivity index (χ4v) is 3.54. The van der Waals surface area contributed by atoms with E-state index in [2.05, 4.69) is 9.97 Å². The minimum absolute atomic E-state index is 0.0686. The molecule has 4 rings (SSSR count). The predicted octanol–water partition coefficient (Wildman–Crippen LogP) is 2.13. The molecule has 1 saturated heterocycles. The summed E-state index contributed by atoms with van der Waals surface area (Å²) >= 11 is 0. The molecule has 1 aromatic carbocycles. The normalized spacial score (nSPS) is 14.3. The van der Waals surface area contributed by atoms with Crippen molar-refractivity contribution in [1.29, 1.82) is 0 Å². The summed E-state index contributed by atoms with van der Waals surface area (Å²) < 4.78 is 7.59. The lowest BCUT2D eigenvalue weighted by Gasteiger charge is -2.34. The number of fused-ring (bicyclic) bond motifs is 1. The van der Waals surface area contributed by atoms with Crippen LogP contribution >= 0.6 is 0 Å². The van der Waals surface area contributed by atoms with Crippen molar-refractivity contribution in [1.82, 2.24) is 19.4 Å². The highest BCUT2D eigenvalue weighted by atomic mass is 16.5. The molecule has 0 saturated carbocycles. The van der Waals surface area contributed by atoms with E-state index in [4.69, 9.17) is 4.74 Å². The molecular formula is C20H21N5O4. The van der Waals surface area contributed by atoms with Gasteiger partial charge < -0.3 is 24.2 Å². The number of carbonyl (C=O) groups excluding carboxylic acids is 1. The average molecular weight is 395 g/mol. The number of anilines is 1. The van der Waals surface area contributed by atoms with E-state index in [1.54, 1.807) is 47.8 Å². The molecule has 2 aromatic heterocycles. The first-order valence-electron chi connectivity index (χ1n) is 9.27. The van der Waals surface area contributed by atoms with E-state index in [-0.39, 0.29) is 11.6 Å². The van der Waals surface area contributed by atoms with Crippen molar-refractivity contribution in [2.45, 2.75) is 6.92 Å². The van der Waals surface area contributed by atoms with Crippen LogP contribution in [0.3, 0.4) is 0 Å². The molecule has 0 spiro atoms. The number of piperazine rings is 1. The lowest BCUT2D eigenvalue weighted by Crippen LogP contribution is -2.48. The van der Waals surface area contributed by atoms with E-state index in [9.17, 15) is 14.7 Å². The maximum atomic E-state index is 11.5. The van der Waals surface area contributed by atoms with Crippen LogP contribution in [0.2, 0.25) is 0 Å². The molecule has 9 heteroatoms. The molecular weight excluding hydrogens is 374 g/mol. The molecule has 150 valence electrons. The summed E-state index contributed by atoms with van der Waals surface area (Å²) in [5.74, 6) is 0.497. The number of hydrogen-bond donors (Lipinski definition) is 1. The quantitative estimate of drug-likeness (QED) is 0.722. The molecule has 1 fully saturated rings. The molecule has 0 unspecified atom stereocenters. The van der Waals surface area contributed by atoms with Gasteiger partial charge in [0.15, 0.2) is 5.75 Å². The smallest absolute Gasteiger partial charge is 0.352 e. The van der Waals surface area contributed by atoms with Crippen LogP contribution in [0.15, 0.2) is 36.5 Å². The number of ether oxygens (including phenoxy) is 1. The Morgan fingerprint density at radius 2 is 1.90 bits per heavy atom. The number of para-hydroxylation sites is 1. The Morgan fingerprint density at radius 1 is 1.14 bits per heavy atom. The second-order valence-corrected chi connectivity index (χ2v) is 6.88. The van der Waals surface area contributed by atoms with Gasteiger partial charge in [0.1, 0.15) is 5.69 Å². The highest BCUT2D eigenvalue weighted by molar-refractivity contribution is 5.96. The molecule has 0 bridgehead atoms. The first-order chi connectivity index (χ1) is 13.9. The van der Waals surface area contributed by atoms with Crippen molar-refractivity contribution >= 4 is 28.7 Å². The molecule has 1 aliphatic heterocycles. The molecule has 3 aromatic rings. The van der Waals surface area contributed by atoms with Crippen LogP contribution in [-0.4, -0.2) is 62.6 Å². The van der Waals surface area contributed by atoms with E-state index in [0.717, 1.165) is 5.39 Å². The number of aromatic nitrogens is 3. The van der Waals surface area contributed by atoms with Crippen LogP contribution in [0, 0.1) is 0 Å². The molecule has 3 heterocycles. The second kappa shape index (κ2) is 7.42. The van der Waals surface area contributed by atoms with Crippen molar-refractivity contribution in [3.63, 3.8) is 0 Å². The highest BCUT2D eigenvalue weighted by Crippen LogP contribution is 2.31. The lowest BCUT2D eigenvalue weighted by molar-refractivity contribution is -0.129. The zero-order chi connectivity index (χ0) is 20.5. The number of rotatable bonds is 4. The zero-order valence-electron chi connectivity index (χ0n) is 16.2. The van der Waals surface area contributed by atoms with Crippen molar-refractivity contribution in [2.75, 3.05) is 31.1 Å². The van der Waals surface area contributed by atoms with Crippen LogP contribution in [0.25, 0.3) is 10.9 Å². The fraction of sp³-hybridized carbons (Fsp3) is 0.300. The van der Waals surface area contributed by atoms with Gasteiger partial charge in [-0.3, -0.25) is 4.79 Å². The Labute approximate surface area is 167 Å². The van der Waals surface area contributed by atoms with Crippen molar-refractivity contribution in [3.8, 4) is 11.6 Å². The minimum Gasteiger partial charge on any atom is -0.477 e. The molecule has 1 aliphatic rings. The van der Waals surface area contributed by atoms with Gasteiger partial charge in [-0.1, -0.05) is 12.1 Å². The van der Waals surface area contributed by atoms with E-state index < -0.39 is 5.97 Å².